The van der Waals surface area contributed by atoms with Crippen LogP contribution in [0.15, 0.2) is 22.7 Å². The van der Waals surface area contributed by atoms with E-state index in [-0.39, 0.29) is 23.9 Å². The van der Waals surface area contributed by atoms with Gasteiger partial charge in [0, 0.05) is 31.7 Å². The summed E-state index contributed by atoms with van der Waals surface area (Å²) in [6.45, 7) is 6.58. The summed E-state index contributed by atoms with van der Waals surface area (Å²) in [5, 5.41) is 6.86. The van der Waals surface area contributed by atoms with Crippen molar-refractivity contribution in [2.24, 2.45) is 0 Å². The Balaban J connectivity index is 1.50. The minimum absolute atomic E-state index is 0.0128. The number of urea groups is 1. The van der Waals surface area contributed by atoms with E-state index in [1.54, 1.807) is 19.1 Å². The van der Waals surface area contributed by atoms with E-state index in [0.717, 1.165) is 13.1 Å². The fourth-order valence-electron chi connectivity index (χ4n) is 3.39. The van der Waals surface area contributed by atoms with Crippen LogP contribution in [0.4, 0.5) is 9.18 Å². The maximum Gasteiger partial charge on any atom is 0.317 e. The number of nitrogens with zero attached hydrogens (tertiary/aromatic N) is 4. The molecule has 3 heterocycles. The maximum absolute atomic E-state index is 13.7. The lowest BCUT2D eigenvalue weighted by Crippen LogP contribution is -2.52. The van der Waals surface area contributed by atoms with E-state index in [9.17, 15) is 9.18 Å². The van der Waals surface area contributed by atoms with Crippen LogP contribution in [0.25, 0.3) is 11.4 Å². The number of halogens is 1. The van der Waals surface area contributed by atoms with Crippen LogP contribution in [0.5, 0.6) is 0 Å². The van der Waals surface area contributed by atoms with Gasteiger partial charge in [-0.2, -0.15) is 4.98 Å². The molecule has 2 aliphatic heterocycles. The Bertz CT molecular complexity index is 808. The van der Waals surface area contributed by atoms with Gasteiger partial charge < -0.3 is 14.7 Å². The molecule has 0 bridgehead atoms. The van der Waals surface area contributed by atoms with Gasteiger partial charge in [0.25, 0.3) is 0 Å². The highest BCUT2D eigenvalue weighted by molar-refractivity contribution is 5.77. The molecule has 1 aromatic carbocycles. The number of hydrogen-bond donors (Lipinski definition) is 1. The van der Waals surface area contributed by atoms with E-state index in [0.29, 0.717) is 35.9 Å². The first-order valence-electron chi connectivity index (χ1n) is 8.41. The summed E-state index contributed by atoms with van der Waals surface area (Å²) in [5.41, 5.74) is 1.18. The van der Waals surface area contributed by atoms with Crippen LogP contribution in [0.1, 0.15) is 24.4 Å². The van der Waals surface area contributed by atoms with Gasteiger partial charge in [-0.1, -0.05) is 17.3 Å². The van der Waals surface area contributed by atoms with Crippen LogP contribution < -0.4 is 5.32 Å². The number of piperazine rings is 1. The molecule has 1 N–H and O–H groups in total. The van der Waals surface area contributed by atoms with Crippen LogP contribution in [-0.4, -0.2) is 58.2 Å². The van der Waals surface area contributed by atoms with Crippen molar-refractivity contribution in [3.05, 3.63) is 35.5 Å². The summed E-state index contributed by atoms with van der Waals surface area (Å²) in [7, 11) is 0. The molecule has 1 aromatic heterocycles. The first kappa shape index (κ1) is 16.0. The third kappa shape index (κ3) is 2.86. The monoisotopic (exact) mass is 345 g/mol. The van der Waals surface area contributed by atoms with Gasteiger partial charge in [-0.05, 0) is 25.5 Å². The second kappa shape index (κ2) is 6.11. The van der Waals surface area contributed by atoms with Crippen LogP contribution in [0.3, 0.4) is 0 Å². The van der Waals surface area contributed by atoms with Gasteiger partial charge in [-0.3, -0.25) is 4.90 Å². The van der Waals surface area contributed by atoms with Crippen molar-refractivity contribution in [2.75, 3.05) is 26.2 Å². The maximum atomic E-state index is 13.7. The Kier molecular flexibility index (Phi) is 3.91. The van der Waals surface area contributed by atoms with E-state index in [2.05, 4.69) is 20.4 Å². The largest absolute Gasteiger partial charge is 0.337 e. The molecule has 2 aliphatic rings. The van der Waals surface area contributed by atoms with Crippen molar-refractivity contribution < 1.29 is 13.7 Å². The van der Waals surface area contributed by atoms with Gasteiger partial charge in [0.15, 0.2) is 0 Å². The number of carbonyl (C=O) groups excluding carboxylic acids is 1. The van der Waals surface area contributed by atoms with Crippen LogP contribution in [0, 0.1) is 12.7 Å². The number of nitrogens with one attached hydrogen (secondary N) is 1. The Hall–Kier alpha value is -2.48. The van der Waals surface area contributed by atoms with Gasteiger partial charge in [0.05, 0.1) is 12.1 Å². The SMILES string of the molecule is Cc1ccc(-c2noc([C@H](C)N3CCN4C(=O)NC[C@@H]4C3)n2)cc1F. The van der Waals surface area contributed by atoms with Crippen LogP contribution in [-0.2, 0) is 0 Å². The lowest BCUT2D eigenvalue weighted by Gasteiger charge is -2.38. The Morgan fingerprint density at radius 1 is 1.40 bits per heavy atom. The molecule has 0 radical (unpaired) electrons. The number of rotatable bonds is 3. The molecule has 8 heteroatoms. The fraction of sp³-hybridized carbons (Fsp3) is 0.471. The quantitative estimate of drug-likeness (QED) is 0.920. The molecule has 0 spiro atoms. The van der Waals surface area contributed by atoms with Gasteiger partial charge in [0.1, 0.15) is 5.82 Å². The van der Waals surface area contributed by atoms with E-state index in [1.165, 1.54) is 6.07 Å². The summed E-state index contributed by atoms with van der Waals surface area (Å²) < 4.78 is 19.2. The van der Waals surface area contributed by atoms with Crippen molar-refractivity contribution >= 4 is 6.03 Å². The van der Waals surface area contributed by atoms with E-state index in [1.807, 2.05) is 11.8 Å². The van der Waals surface area contributed by atoms with Gasteiger partial charge in [-0.15, -0.1) is 0 Å². The Morgan fingerprint density at radius 2 is 2.24 bits per heavy atom. The predicted molar refractivity (Wildman–Crippen MR) is 88.3 cm³/mol. The highest BCUT2D eigenvalue weighted by Crippen LogP contribution is 2.26. The zero-order valence-electron chi connectivity index (χ0n) is 14.2. The van der Waals surface area contributed by atoms with Crippen molar-refractivity contribution in [2.45, 2.75) is 25.9 Å². The summed E-state index contributed by atoms with van der Waals surface area (Å²) in [5.74, 6) is 0.602. The third-order valence-electron chi connectivity index (χ3n) is 5.04. The molecule has 2 atom stereocenters. The lowest BCUT2D eigenvalue weighted by atomic mass is 10.1. The predicted octanol–water partition coefficient (Wildman–Crippen LogP) is 1.95. The highest BCUT2D eigenvalue weighted by atomic mass is 19.1. The van der Waals surface area contributed by atoms with Gasteiger partial charge >= 0.3 is 6.03 Å². The first-order valence-corrected chi connectivity index (χ1v) is 8.41. The average Bonchev–Trinajstić information content (AvgIpc) is 3.24. The zero-order chi connectivity index (χ0) is 17.6. The Labute approximate surface area is 144 Å². The van der Waals surface area contributed by atoms with Crippen molar-refractivity contribution in [1.29, 1.82) is 0 Å². The number of aryl methyl sites for hydroxylation is 1. The minimum Gasteiger partial charge on any atom is -0.337 e. The minimum atomic E-state index is -0.286. The molecule has 25 heavy (non-hydrogen) atoms. The smallest absolute Gasteiger partial charge is 0.317 e. The fourth-order valence-corrected chi connectivity index (χ4v) is 3.39. The number of benzene rings is 1. The average molecular weight is 345 g/mol. The molecule has 0 unspecified atom stereocenters. The number of aromatic nitrogens is 2. The molecule has 0 aliphatic carbocycles. The molecular formula is C17H20FN5O2. The summed E-state index contributed by atoms with van der Waals surface area (Å²) in [6, 6.07) is 5.04. The second-order valence-electron chi connectivity index (χ2n) is 6.62. The van der Waals surface area contributed by atoms with E-state index < -0.39 is 0 Å². The first-order chi connectivity index (χ1) is 12.0. The summed E-state index contributed by atoms with van der Waals surface area (Å²) in [4.78, 5) is 20.2. The number of carbonyl (C=O) groups is 1. The standard InChI is InChI=1S/C17H20FN5O2/c1-10-3-4-12(7-14(10)18)15-20-16(25-21-15)11(2)22-5-6-23-13(9-22)8-19-17(23)24/h3-4,7,11,13H,5-6,8-9H2,1-2H3,(H,19,24)/t11-,13+/m0/s1. The summed E-state index contributed by atoms with van der Waals surface area (Å²) >= 11 is 0. The molecular weight excluding hydrogens is 325 g/mol. The zero-order valence-corrected chi connectivity index (χ0v) is 14.2. The van der Waals surface area contributed by atoms with Gasteiger partial charge in [-0.25, -0.2) is 9.18 Å². The number of amides is 2. The molecule has 2 saturated heterocycles. The number of fused-ring (bicyclic) bond motifs is 1. The highest BCUT2D eigenvalue weighted by Gasteiger charge is 2.37. The molecule has 7 nitrogen and oxygen atoms in total. The molecule has 4 rings (SSSR count). The van der Waals surface area contributed by atoms with Crippen LogP contribution in [0.2, 0.25) is 0 Å². The van der Waals surface area contributed by atoms with E-state index >= 15 is 0 Å². The lowest BCUT2D eigenvalue weighted by molar-refractivity contribution is 0.0812. The third-order valence-corrected chi connectivity index (χ3v) is 5.04. The van der Waals surface area contributed by atoms with Crippen LogP contribution >= 0.6 is 0 Å². The molecule has 2 amide bonds. The van der Waals surface area contributed by atoms with Gasteiger partial charge in [0.2, 0.25) is 11.7 Å². The Morgan fingerprint density at radius 3 is 3.04 bits per heavy atom. The number of hydrogen-bond acceptors (Lipinski definition) is 5. The second-order valence-corrected chi connectivity index (χ2v) is 6.62. The molecule has 2 fully saturated rings. The van der Waals surface area contributed by atoms with Crippen molar-refractivity contribution in [3.63, 3.8) is 0 Å². The summed E-state index contributed by atoms with van der Waals surface area (Å²) in [6.07, 6.45) is 0. The molecule has 2 aromatic rings. The molecule has 132 valence electrons. The topological polar surface area (TPSA) is 74.5 Å². The normalized spacial score (nSPS) is 22.0. The van der Waals surface area contributed by atoms with Crippen molar-refractivity contribution in [1.82, 2.24) is 25.3 Å². The van der Waals surface area contributed by atoms with E-state index in [4.69, 9.17) is 4.52 Å². The van der Waals surface area contributed by atoms with Crippen molar-refractivity contribution in [3.8, 4) is 11.4 Å². The molecule has 0 saturated carbocycles.